The van der Waals surface area contributed by atoms with E-state index in [0.717, 1.165) is 30.1 Å². The fourth-order valence-electron chi connectivity index (χ4n) is 3.26. The van der Waals surface area contributed by atoms with Gasteiger partial charge in [-0.25, -0.2) is 4.79 Å². The number of rotatable bonds is 5. The first-order chi connectivity index (χ1) is 11.3. The largest absolute Gasteiger partial charge is 0.444 e. The van der Waals surface area contributed by atoms with Gasteiger partial charge in [-0.15, -0.1) is 0 Å². The lowest BCUT2D eigenvalue weighted by Gasteiger charge is -2.30. The number of nitrogens with two attached hydrogens (primary N) is 1. The van der Waals surface area contributed by atoms with Crippen LogP contribution >= 0.6 is 0 Å². The molecular weight excluding hydrogens is 300 g/mol. The van der Waals surface area contributed by atoms with Crippen LogP contribution in [0.4, 0.5) is 10.5 Å². The normalized spacial score (nSPS) is 16.0. The molecule has 1 aromatic carbocycles. The standard InChI is InChI=1S/C20H32N2O2/c1-20(2,3)24-19(23)22(14-13-16-9-5-4-6-10-16)15-17-11-7-8-12-18(17)21/h7-8,11-12,16H,4-6,9-10,13-15,21H2,1-3H3. The molecule has 0 heterocycles. The van der Waals surface area contributed by atoms with Gasteiger partial charge in [0.05, 0.1) is 6.54 Å². The molecule has 24 heavy (non-hydrogen) atoms. The Balaban J connectivity index is 2.02. The average molecular weight is 332 g/mol. The van der Waals surface area contributed by atoms with Crippen molar-refractivity contribution in [2.24, 2.45) is 5.92 Å². The molecule has 1 fully saturated rings. The Hall–Kier alpha value is -1.71. The van der Waals surface area contributed by atoms with Crippen molar-refractivity contribution in [2.45, 2.75) is 71.4 Å². The number of ether oxygens (including phenoxy) is 1. The number of hydrogen-bond donors (Lipinski definition) is 1. The van der Waals surface area contributed by atoms with Crippen molar-refractivity contribution in [2.75, 3.05) is 12.3 Å². The molecule has 4 nitrogen and oxygen atoms in total. The number of nitrogen functional groups attached to an aromatic ring is 1. The Labute approximate surface area is 146 Å². The van der Waals surface area contributed by atoms with Crippen molar-refractivity contribution in [3.63, 3.8) is 0 Å². The van der Waals surface area contributed by atoms with Crippen molar-refractivity contribution in [1.29, 1.82) is 0 Å². The number of carbonyl (C=O) groups is 1. The van der Waals surface area contributed by atoms with Crippen molar-refractivity contribution in [3.05, 3.63) is 29.8 Å². The van der Waals surface area contributed by atoms with Gasteiger partial charge >= 0.3 is 6.09 Å². The molecule has 0 aromatic heterocycles. The van der Waals surface area contributed by atoms with E-state index in [9.17, 15) is 4.79 Å². The third-order valence-electron chi connectivity index (χ3n) is 4.60. The van der Waals surface area contributed by atoms with Gasteiger partial charge in [0.2, 0.25) is 0 Å². The van der Waals surface area contributed by atoms with Crippen molar-refractivity contribution in [3.8, 4) is 0 Å². The van der Waals surface area contributed by atoms with E-state index in [1.54, 1.807) is 0 Å². The van der Waals surface area contributed by atoms with Gasteiger partial charge in [-0.05, 0) is 44.7 Å². The minimum Gasteiger partial charge on any atom is -0.444 e. The Morgan fingerprint density at radius 2 is 1.88 bits per heavy atom. The summed E-state index contributed by atoms with van der Waals surface area (Å²) in [6.45, 7) is 6.95. The molecule has 0 unspecified atom stereocenters. The maximum absolute atomic E-state index is 12.6. The molecule has 134 valence electrons. The number of nitrogens with zero attached hydrogens (tertiary/aromatic N) is 1. The van der Waals surface area contributed by atoms with Crippen LogP contribution in [0.25, 0.3) is 0 Å². The second kappa shape index (κ2) is 8.41. The minimum absolute atomic E-state index is 0.249. The Kier molecular flexibility index (Phi) is 6.52. The molecule has 1 aliphatic rings. The molecule has 2 N–H and O–H groups in total. The molecule has 0 saturated heterocycles. The van der Waals surface area contributed by atoms with Gasteiger partial charge in [0.1, 0.15) is 5.60 Å². The number of para-hydroxylation sites is 1. The quantitative estimate of drug-likeness (QED) is 0.774. The summed E-state index contributed by atoms with van der Waals surface area (Å²) < 4.78 is 5.60. The van der Waals surface area contributed by atoms with E-state index in [1.807, 2.05) is 49.9 Å². The molecule has 1 saturated carbocycles. The van der Waals surface area contributed by atoms with E-state index >= 15 is 0 Å². The summed E-state index contributed by atoms with van der Waals surface area (Å²) in [6.07, 6.45) is 7.37. The van der Waals surface area contributed by atoms with E-state index in [1.165, 1.54) is 32.1 Å². The maximum Gasteiger partial charge on any atom is 0.410 e. The molecule has 2 rings (SSSR count). The third-order valence-corrected chi connectivity index (χ3v) is 4.60. The Bertz CT molecular complexity index is 531. The zero-order valence-electron chi connectivity index (χ0n) is 15.4. The zero-order chi connectivity index (χ0) is 17.6. The van der Waals surface area contributed by atoms with E-state index in [-0.39, 0.29) is 6.09 Å². The Morgan fingerprint density at radius 3 is 2.50 bits per heavy atom. The summed E-state index contributed by atoms with van der Waals surface area (Å²) >= 11 is 0. The lowest BCUT2D eigenvalue weighted by molar-refractivity contribution is 0.0220. The SMILES string of the molecule is CC(C)(C)OC(=O)N(CCC1CCCCC1)Cc1ccccc1N. The molecule has 1 amide bonds. The summed E-state index contributed by atoms with van der Waals surface area (Å²) in [5.74, 6) is 0.733. The first kappa shape index (κ1) is 18.6. The number of carbonyl (C=O) groups excluding carboxylic acids is 1. The second-order valence-corrected chi connectivity index (χ2v) is 7.89. The predicted molar refractivity (Wildman–Crippen MR) is 98.7 cm³/mol. The third kappa shape index (κ3) is 6.06. The fraction of sp³-hybridized carbons (Fsp3) is 0.650. The molecule has 0 spiro atoms. The van der Waals surface area contributed by atoms with Crippen LogP contribution in [0.2, 0.25) is 0 Å². The van der Waals surface area contributed by atoms with Crippen LogP contribution in [0.1, 0.15) is 64.9 Å². The van der Waals surface area contributed by atoms with E-state index in [4.69, 9.17) is 10.5 Å². The van der Waals surface area contributed by atoms with Gasteiger partial charge in [0.25, 0.3) is 0 Å². The van der Waals surface area contributed by atoms with Crippen LogP contribution in [0.3, 0.4) is 0 Å². The molecule has 0 aliphatic heterocycles. The maximum atomic E-state index is 12.6. The summed E-state index contributed by atoms with van der Waals surface area (Å²) in [7, 11) is 0. The monoisotopic (exact) mass is 332 g/mol. The van der Waals surface area contributed by atoms with Crippen LogP contribution < -0.4 is 5.73 Å². The highest BCUT2D eigenvalue weighted by atomic mass is 16.6. The molecule has 0 atom stereocenters. The molecular formula is C20H32N2O2. The molecule has 0 radical (unpaired) electrons. The molecule has 1 aliphatic carbocycles. The average Bonchev–Trinajstić information content (AvgIpc) is 2.52. The highest BCUT2D eigenvalue weighted by Crippen LogP contribution is 2.27. The van der Waals surface area contributed by atoms with Gasteiger partial charge in [-0.3, -0.25) is 0 Å². The molecule has 0 bridgehead atoms. The van der Waals surface area contributed by atoms with Crippen LogP contribution in [-0.4, -0.2) is 23.1 Å². The van der Waals surface area contributed by atoms with Crippen LogP contribution in [0.5, 0.6) is 0 Å². The van der Waals surface area contributed by atoms with Gasteiger partial charge in [0.15, 0.2) is 0 Å². The topological polar surface area (TPSA) is 55.6 Å². The van der Waals surface area contributed by atoms with E-state index < -0.39 is 5.60 Å². The number of anilines is 1. The van der Waals surface area contributed by atoms with Crippen molar-refractivity contribution >= 4 is 11.8 Å². The lowest BCUT2D eigenvalue weighted by atomic mass is 9.87. The van der Waals surface area contributed by atoms with Crippen molar-refractivity contribution in [1.82, 2.24) is 4.90 Å². The van der Waals surface area contributed by atoms with Crippen LogP contribution in [0.15, 0.2) is 24.3 Å². The smallest absolute Gasteiger partial charge is 0.410 e. The van der Waals surface area contributed by atoms with E-state index in [2.05, 4.69) is 0 Å². The summed E-state index contributed by atoms with van der Waals surface area (Å²) in [6, 6.07) is 7.73. The Morgan fingerprint density at radius 1 is 1.21 bits per heavy atom. The fourth-order valence-corrected chi connectivity index (χ4v) is 3.26. The van der Waals surface area contributed by atoms with Gasteiger partial charge in [-0.1, -0.05) is 50.3 Å². The summed E-state index contributed by atoms with van der Waals surface area (Å²) in [5, 5.41) is 0. The summed E-state index contributed by atoms with van der Waals surface area (Å²) in [4.78, 5) is 14.4. The van der Waals surface area contributed by atoms with Crippen LogP contribution in [-0.2, 0) is 11.3 Å². The molecule has 4 heteroatoms. The first-order valence-electron chi connectivity index (χ1n) is 9.16. The number of benzene rings is 1. The highest BCUT2D eigenvalue weighted by molar-refractivity contribution is 5.68. The lowest BCUT2D eigenvalue weighted by Crippen LogP contribution is -2.37. The minimum atomic E-state index is -0.484. The second-order valence-electron chi connectivity index (χ2n) is 7.89. The highest BCUT2D eigenvalue weighted by Gasteiger charge is 2.24. The van der Waals surface area contributed by atoms with Crippen LogP contribution in [0, 0.1) is 5.92 Å². The number of amides is 1. The zero-order valence-corrected chi connectivity index (χ0v) is 15.4. The van der Waals surface area contributed by atoms with Gasteiger partial charge < -0.3 is 15.4 Å². The van der Waals surface area contributed by atoms with Crippen molar-refractivity contribution < 1.29 is 9.53 Å². The predicted octanol–water partition coefficient (Wildman–Crippen LogP) is 4.98. The first-order valence-corrected chi connectivity index (χ1v) is 9.16. The van der Waals surface area contributed by atoms with E-state index in [0.29, 0.717) is 6.54 Å². The van der Waals surface area contributed by atoms with Gasteiger partial charge in [-0.2, -0.15) is 0 Å². The van der Waals surface area contributed by atoms with Gasteiger partial charge in [0, 0.05) is 12.2 Å². The molecule has 1 aromatic rings. The summed E-state index contributed by atoms with van der Waals surface area (Å²) in [5.41, 5.74) is 7.28. The number of hydrogen-bond acceptors (Lipinski definition) is 3.